The summed E-state index contributed by atoms with van der Waals surface area (Å²) in [4.78, 5) is 0. The first-order chi connectivity index (χ1) is 8.66. The van der Waals surface area contributed by atoms with Crippen LogP contribution in [0.3, 0.4) is 0 Å². The average molecular weight is 299 g/mol. The third-order valence-electron chi connectivity index (χ3n) is 2.94. The Kier molecular flexibility index (Phi) is 3.88. The maximum Gasteiger partial charge on any atom is 0.277 e. The van der Waals surface area contributed by atoms with Crippen LogP contribution in [-0.2, 0) is 12.8 Å². The summed E-state index contributed by atoms with van der Waals surface area (Å²) < 4.78 is 18.2. The van der Waals surface area contributed by atoms with Gasteiger partial charge < -0.3 is 13.3 Å². The van der Waals surface area contributed by atoms with Crippen molar-refractivity contribution >= 4 is 16.6 Å². The van der Waals surface area contributed by atoms with Crippen LogP contribution in [0, 0.1) is 0 Å². The van der Waals surface area contributed by atoms with Crippen molar-refractivity contribution in [3.63, 3.8) is 0 Å². The van der Waals surface area contributed by atoms with Gasteiger partial charge in [-0.2, -0.15) is 0 Å². The Morgan fingerprint density at radius 3 is 1.42 bits per heavy atom. The van der Waals surface area contributed by atoms with Gasteiger partial charge >= 0.3 is 0 Å². The first kappa shape index (κ1) is 14.7. The van der Waals surface area contributed by atoms with Crippen molar-refractivity contribution in [1.82, 2.24) is 0 Å². The molecule has 19 heavy (non-hydrogen) atoms. The smallest absolute Gasteiger partial charge is 0.277 e. The predicted molar refractivity (Wildman–Crippen MR) is 83.3 cm³/mol. The Bertz CT molecular complexity index is 412. The molecule has 1 aromatic rings. The molecule has 0 atom stereocenters. The Hall–Kier alpha value is -0.686. The van der Waals surface area contributed by atoms with Gasteiger partial charge in [0.1, 0.15) is 0 Å². The van der Waals surface area contributed by atoms with E-state index in [1.807, 2.05) is 0 Å². The second kappa shape index (κ2) is 5.01. The molecule has 0 unspecified atom stereocenters. The summed E-state index contributed by atoms with van der Waals surface area (Å²) in [5.74, 6) is 1.48. The van der Waals surface area contributed by atoms with E-state index < -0.39 is 16.6 Å². The number of rotatable bonds is 4. The quantitative estimate of drug-likeness (QED) is 0.762. The summed E-state index contributed by atoms with van der Waals surface area (Å²) in [6.45, 7) is 13.1. The van der Waals surface area contributed by atoms with Crippen molar-refractivity contribution < 1.29 is 13.3 Å². The molecule has 1 aliphatic rings. The second-order valence-corrected chi connectivity index (χ2v) is 16.1. The second-order valence-electron chi connectivity index (χ2n) is 7.27. The molecule has 0 saturated carbocycles. The highest BCUT2D eigenvalue weighted by molar-refractivity contribution is 6.70. The van der Waals surface area contributed by atoms with Crippen molar-refractivity contribution in [1.29, 1.82) is 0 Å². The zero-order valence-electron chi connectivity index (χ0n) is 13.1. The lowest BCUT2D eigenvalue weighted by Gasteiger charge is -2.19. The van der Waals surface area contributed by atoms with Gasteiger partial charge in [-0.25, -0.2) is 0 Å². The summed E-state index contributed by atoms with van der Waals surface area (Å²) in [6.07, 6.45) is 4.57. The van der Waals surface area contributed by atoms with Crippen LogP contribution >= 0.6 is 0 Å². The van der Waals surface area contributed by atoms with Gasteiger partial charge in [0.2, 0.25) is 16.6 Å². The topological polar surface area (TPSA) is 31.6 Å². The molecule has 0 aromatic carbocycles. The monoisotopic (exact) mass is 298 g/mol. The lowest BCUT2D eigenvalue weighted by Crippen LogP contribution is -2.29. The maximum absolute atomic E-state index is 6.10. The number of hydrogen-bond acceptors (Lipinski definition) is 3. The van der Waals surface area contributed by atoms with E-state index >= 15 is 0 Å². The molecule has 1 heterocycles. The Morgan fingerprint density at radius 1 is 0.737 bits per heavy atom. The van der Waals surface area contributed by atoms with E-state index in [9.17, 15) is 0 Å². The average Bonchev–Trinajstić information content (AvgIpc) is 2.53. The molecular formula is C14H26O3Si2. The molecule has 1 aromatic heterocycles. The van der Waals surface area contributed by atoms with E-state index in [4.69, 9.17) is 13.3 Å². The molecule has 0 amide bonds. The van der Waals surface area contributed by atoms with E-state index in [1.165, 1.54) is 24.0 Å². The van der Waals surface area contributed by atoms with Crippen LogP contribution in [-0.4, -0.2) is 16.6 Å². The highest BCUT2D eigenvalue weighted by Crippen LogP contribution is 2.41. The summed E-state index contributed by atoms with van der Waals surface area (Å²) in [5.41, 5.74) is 2.53. The van der Waals surface area contributed by atoms with Gasteiger partial charge in [0.15, 0.2) is 0 Å². The predicted octanol–water partition coefficient (Wildman–Crippen LogP) is 4.59. The lowest BCUT2D eigenvalue weighted by atomic mass is 9.95. The van der Waals surface area contributed by atoms with Gasteiger partial charge in [0.05, 0.1) is 0 Å². The van der Waals surface area contributed by atoms with Crippen molar-refractivity contribution in [2.75, 3.05) is 0 Å². The van der Waals surface area contributed by atoms with E-state index in [0.717, 1.165) is 24.7 Å². The molecule has 1 aliphatic carbocycles. The largest absolute Gasteiger partial charge is 0.519 e. The van der Waals surface area contributed by atoms with Crippen LogP contribution in [0.2, 0.25) is 39.3 Å². The van der Waals surface area contributed by atoms with Crippen LogP contribution in [0.25, 0.3) is 0 Å². The molecule has 5 heteroatoms. The summed E-state index contributed by atoms with van der Waals surface area (Å²) in [6, 6.07) is 0. The lowest BCUT2D eigenvalue weighted by molar-refractivity contribution is 0.318. The van der Waals surface area contributed by atoms with Gasteiger partial charge in [-0.15, -0.1) is 0 Å². The molecular weight excluding hydrogens is 272 g/mol. The highest BCUT2D eigenvalue weighted by atomic mass is 28.4. The Labute approximate surface area is 118 Å². The zero-order chi connectivity index (χ0) is 14.3. The van der Waals surface area contributed by atoms with Gasteiger partial charge in [-0.05, 0) is 65.0 Å². The third kappa shape index (κ3) is 3.89. The normalized spacial score (nSPS) is 16.1. The number of furan rings is 1. The van der Waals surface area contributed by atoms with Crippen molar-refractivity contribution in [2.45, 2.75) is 65.0 Å². The van der Waals surface area contributed by atoms with Crippen molar-refractivity contribution in [3.05, 3.63) is 11.1 Å². The first-order valence-corrected chi connectivity index (χ1v) is 14.0. The van der Waals surface area contributed by atoms with Gasteiger partial charge in [-0.1, -0.05) is 0 Å². The number of fused-ring (bicyclic) bond motifs is 1. The summed E-state index contributed by atoms with van der Waals surface area (Å²) >= 11 is 0. The number of hydrogen-bond donors (Lipinski definition) is 0. The third-order valence-corrected chi connectivity index (χ3v) is 4.54. The fourth-order valence-electron chi connectivity index (χ4n) is 2.28. The minimum absolute atomic E-state index is 0.738. The first-order valence-electron chi connectivity index (χ1n) is 7.18. The molecule has 0 aliphatic heterocycles. The Morgan fingerprint density at radius 2 is 1.11 bits per heavy atom. The maximum atomic E-state index is 6.10. The molecule has 0 saturated heterocycles. The molecule has 0 spiro atoms. The van der Waals surface area contributed by atoms with E-state index in [0.29, 0.717) is 0 Å². The van der Waals surface area contributed by atoms with Crippen LogP contribution in [0.5, 0.6) is 11.9 Å². The standard InChI is InChI=1S/C14H26O3Si2/c1-18(2,3)16-13-11-9-7-8-10-12(11)14(15-13)17-19(4,5)6/h7-10H2,1-6H3. The van der Waals surface area contributed by atoms with Crippen molar-refractivity contribution in [3.8, 4) is 11.9 Å². The van der Waals surface area contributed by atoms with Crippen LogP contribution in [0.4, 0.5) is 0 Å². The molecule has 0 N–H and O–H groups in total. The van der Waals surface area contributed by atoms with Crippen LogP contribution in [0.1, 0.15) is 24.0 Å². The molecule has 0 bridgehead atoms. The minimum Gasteiger partial charge on any atom is -0.519 e. The van der Waals surface area contributed by atoms with Gasteiger partial charge in [-0.3, -0.25) is 0 Å². The van der Waals surface area contributed by atoms with E-state index in [2.05, 4.69) is 39.3 Å². The molecule has 2 rings (SSSR count). The fourth-order valence-corrected chi connectivity index (χ4v) is 3.73. The molecule has 0 fully saturated rings. The van der Waals surface area contributed by atoms with E-state index in [1.54, 1.807) is 0 Å². The van der Waals surface area contributed by atoms with Gasteiger partial charge in [0, 0.05) is 11.1 Å². The zero-order valence-corrected chi connectivity index (χ0v) is 15.1. The molecule has 0 radical (unpaired) electrons. The Balaban J connectivity index is 2.34. The SMILES string of the molecule is C[Si](C)(C)Oc1oc(O[Si](C)(C)C)c2c1CCCC2. The van der Waals surface area contributed by atoms with Gasteiger partial charge in [0.25, 0.3) is 11.9 Å². The minimum atomic E-state index is -1.64. The van der Waals surface area contributed by atoms with E-state index in [-0.39, 0.29) is 0 Å². The van der Waals surface area contributed by atoms with Crippen molar-refractivity contribution in [2.24, 2.45) is 0 Å². The summed E-state index contributed by atoms with van der Waals surface area (Å²) in [7, 11) is -3.28. The van der Waals surface area contributed by atoms with Crippen LogP contribution < -0.4 is 8.85 Å². The fraction of sp³-hybridized carbons (Fsp3) is 0.714. The molecule has 108 valence electrons. The molecule has 3 nitrogen and oxygen atoms in total. The highest BCUT2D eigenvalue weighted by Gasteiger charge is 2.30. The summed E-state index contributed by atoms with van der Waals surface area (Å²) in [5, 5.41) is 0. The van der Waals surface area contributed by atoms with Crippen LogP contribution in [0.15, 0.2) is 4.42 Å².